The van der Waals surface area contributed by atoms with Crippen LogP contribution >= 0.6 is 0 Å². The molecule has 2 heterocycles. The minimum Gasteiger partial charge on any atom is -0.448 e. The molecule has 0 spiro atoms. The quantitative estimate of drug-likeness (QED) is 0.753. The molecule has 0 aliphatic rings. The molecule has 0 aliphatic heterocycles. The Morgan fingerprint density at radius 2 is 2.00 bits per heavy atom. The fourth-order valence-corrected chi connectivity index (χ4v) is 1.26. The van der Waals surface area contributed by atoms with E-state index in [0.29, 0.717) is 0 Å². The maximum atomic E-state index is 12.2. The van der Waals surface area contributed by atoms with Crippen LogP contribution < -0.4 is 5.73 Å². The second-order valence-corrected chi connectivity index (χ2v) is 3.04. The maximum absolute atomic E-state index is 12.2. The normalized spacial score (nSPS) is 12.2. The highest BCUT2D eigenvalue weighted by atomic mass is 19.4. The van der Waals surface area contributed by atoms with Gasteiger partial charge in [-0.05, 0) is 6.44 Å². The van der Waals surface area contributed by atoms with Crippen LogP contribution in [-0.4, -0.2) is 26.5 Å². The van der Waals surface area contributed by atoms with Gasteiger partial charge in [0.1, 0.15) is 11.8 Å². The lowest BCUT2D eigenvalue weighted by atomic mass is 9.92. The van der Waals surface area contributed by atoms with E-state index in [1.807, 2.05) is 0 Å². The summed E-state index contributed by atoms with van der Waals surface area (Å²) in [5.41, 5.74) is 5.72. The minimum atomic E-state index is -4.93. The van der Waals surface area contributed by atoms with E-state index < -0.39 is 13.4 Å². The molecule has 0 saturated heterocycles. The van der Waals surface area contributed by atoms with E-state index in [0.717, 1.165) is 17.2 Å². The summed E-state index contributed by atoms with van der Waals surface area (Å²) >= 11 is 0. The van der Waals surface area contributed by atoms with Gasteiger partial charge in [0.05, 0.1) is 6.33 Å². The zero-order valence-electron chi connectivity index (χ0n) is 7.44. The van der Waals surface area contributed by atoms with E-state index in [1.165, 1.54) is 0 Å². The van der Waals surface area contributed by atoms with Crippen molar-refractivity contribution in [2.24, 2.45) is 0 Å². The van der Waals surface area contributed by atoms with Crippen LogP contribution in [0.5, 0.6) is 0 Å². The molecule has 2 rings (SSSR count). The number of hydrogen-bond acceptors (Lipinski definition) is 4. The highest BCUT2D eigenvalue weighted by Crippen LogP contribution is 2.18. The second-order valence-electron chi connectivity index (χ2n) is 3.04. The van der Waals surface area contributed by atoms with Gasteiger partial charge in [-0.1, -0.05) is 0 Å². The van der Waals surface area contributed by atoms with Crippen LogP contribution in [0.25, 0.3) is 11.2 Å². The Labute approximate surface area is 82.2 Å². The number of nitrogen functional groups attached to an aromatic ring is 1. The highest BCUT2D eigenvalue weighted by Gasteiger charge is 2.24. The Morgan fingerprint density at radius 3 is 2.67 bits per heavy atom. The Bertz CT molecular complexity index is 493. The van der Waals surface area contributed by atoms with Crippen molar-refractivity contribution in [1.29, 1.82) is 0 Å². The molecule has 9 heteroatoms. The third kappa shape index (κ3) is 1.85. The van der Waals surface area contributed by atoms with Gasteiger partial charge in [-0.2, -0.15) is 0 Å². The molecular weight excluding hydrogens is 210 g/mol. The summed E-state index contributed by atoms with van der Waals surface area (Å²) in [4.78, 5) is 11.1. The van der Waals surface area contributed by atoms with Crippen LogP contribution in [0.15, 0.2) is 12.7 Å². The first kappa shape index (κ1) is 9.75. The number of nitrogens with two attached hydrogens (primary N) is 1. The first-order valence-electron chi connectivity index (χ1n) is 4.10. The Hall–Kier alpha value is -1.80. The lowest BCUT2D eigenvalue weighted by molar-refractivity contribution is 0.447. The van der Waals surface area contributed by atoms with Crippen LogP contribution in [0.4, 0.5) is 18.8 Å². The van der Waals surface area contributed by atoms with Gasteiger partial charge in [-0.15, -0.1) is 0 Å². The molecular formula is C6H6BF3N5-. The predicted molar refractivity (Wildman–Crippen MR) is 48.8 cm³/mol. The zero-order chi connectivity index (χ0) is 11.1. The van der Waals surface area contributed by atoms with Crippen LogP contribution in [-0.2, 0) is 6.44 Å². The molecule has 2 N–H and O–H groups in total. The molecule has 80 valence electrons. The molecule has 0 atom stereocenters. The number of imidazole rings is 1. The van der Waals surface area contributed by atoms with Crippen molar-refractivity contribution < 1.29 is 12.9 Å². The SMILES string of the molecule is Nc1ncnc2c1ncn2C[B-](F)(F)F. The molecule has 15 heavy (non-hydrogen) atoms. The molecule has 0 saturated carbocycles. The lowest BCUT2D eigenvalue weighted by Crippen LogP contribution is -2.23. The highest BCUT2D eigenvalue weighted by molar-refractivity contribution is 6.57. The van der Waals surface area contributed by atoms with Gasteiger partial charge >= 0.3 is 6.98 Å². The lowest BCUT2D eigenvalue weighted by Gasteiger charge is -2.14. The molecule has 0 aliphatic carbocycles. The summed E-state index contributed by atoms with van der Waals surface area (Å²) < 4.78 is 37.5. The minimum absolute atomic E-state index is 0.0772. The van der Waals surface area contributed by atoms with Crippen molar-refractivity contribution in [2.75, 3.05) is 5.73 Å². The van der Waals surface area contributed by atoms with Crippen LogP contribution in [0.2, 0.25) is 0 Å². The van der Waals surface area contributed by atoms with Gasteiger partial charge in [0, 0.05) is 0 Å². The van der Waals surface area contributed by atoms with Gasteiger partial charge in [0.2, 0.25) is 0 Å². The Kier molecular flexibility index (Phi) is 2.02. The maximum Gasteiger partial charge on any atom is 0.497 e. The number of aromatic nitrogens is 4. The zero-order valence-corrected chi connectivity index (χ0v) is 7.44. The van der Waals surface area contributed by atoms with Crippen LogP contribution in [0.1, 0.15) is 0 Å². The average Bonchev–Trinajstić information content (AvgIpc) is 2.48. The van der Waals surface area contributed by atoms with Crippen molar-refractivity contribution in [1.82, 2.24) is 19.5 Å². The Morgan fingerprint density at radius 1 is 1.27 bits per heavy atom. The fraction of sp³-hybridized carbons (Fsp3) is 0.167. The van der Waals surface area contributed by atoms with Gasteiger partial charge in [0.15, 0.2) is 11.5 Å². The third-order valence-corrected chi connectivity index (χ3v) is 1.83. The third-order valence-electron chi connectivity index (χ3n) is 1.83. The molecule has 0 radical (unpaired) electrons. The Balaban J connectivity index is 2.50. The summed E-state index contributed by atoms with van der Waals surface area (Å²) in [6.07, 6.45) is 1.09. The number of rotatable bonds is 2. The van der Waals surface area contributed by atoms with E-state index in [4.69, 9.17) is 5.73 Å². The smallest absolute Gasteiger partial charge is 0.448 e. The standard InChI is InChI=1S/C6H6BF3N5/c8-7(9,10)1-15-3-14-4-5(11)12-2-13-6(4)15/h2-3H,1H2,(H2,11,12,13)/q-1. The van der Waals surface area contributed by atoms with Gasteiger partial charge in [-0.3, -0.25) is 0 Å². The fourth-order valence-electron chi connectivity index (χ4n) is 1.26. The largest absolute Gasteiger partial charge is 0.497 e. The molecule has 5 nitrogen and oxygen atoms in total. The topological polar surface area (TPSA) is 69.6 Å². The van der Waals surface area contributed by atoms with E-state index >= 15 is 0 Å². The molecule has 0 fully saturated rings. The first-order valence-corrected chi connectivity index (χ1v) is 4.10. The number of fused-ring (bicyclic) bond motifs is 1. The second kappa shape index (κ2) is 3.11. The summed E-state index contributed by atoms with van der Waals surface area (Å²) in [7, 11) is 0. The average molecular weight is 216 g/mol. The van der Waals surface area contributed by atoms with Crippen molar-refractivity contribution in [2.45, 2.75) is 6.44 Å². The van der Waals surface area contributed by atoms with E-state index in [9.17, 15) is 12.9 Å². The number of halogens is 3. The van der Waals surface area contributed by atoms with E-state index in [1.54, 1.807) is 0 Å². The van der Waals surface area contributed by atoms with Crippen molar-refractivity contribution in [3.63, 3.8) is 0 Å². The number of nitrogens with zero attached hydrogens (tertiary/aromatic N) is 4. The van der Waals surface area contributed by atoms with Crippen LogP contribution in [0, 0.1) is 0 Å². The first-order chi connectivity index (χ1) is 6.97. The summed E-state index contributed by atoms with van der Waals surface area (Å²) in [5, 5.41) is 0. The summed E-state index contributed by atoms with van der Waals surface area (Å²) in [6, 6.07) is 0. The number of anilines is 1. The van der Waals surface area contributed by atoms with Crippen molar-refractivity contribution in [3.05, 3.63) is 12.7 Å². The summed E-state index contributed by atoms with van der Waals surface area (Å²) in [6.45, 7) is -4.93. The molecule has 0 amide bonds. The summed E-state index contributed by atoms with van der Waals surface area (Å²) in [5.74, 6) is 0.0772. The molecule has 0 aromatic carbocycles. The molecule has 0 unspecified atom stereocenters. The predicted octanol–water partition coefficient (Wildman–Crippen LogP) is 0.795. The molecule has 2 aromatic heterocycles. The molecule has 0 bridgehead atoms. The van der Waals surface area contributed by atoms with E-state index in [-0.39, 0.29) is 17.0 Å². The number of hydrogen-bond donors (Lipinski definition) is 1. The van der Waals surface area contributed by atoms with Crippen molar-refractivity contribution in [3.8, 4) is 0 Å². The van der Waals surface area contributed by atoms with Gasteiger partial charge < -0.3 is 23.2 Å². The van der Waals surface area contributed by atoms with E-state index in [2.05, 4.69) is 15.0 Å². The molecule has 2 aromatic rings. The van der Waals surface area contributed by atoms with Crippen molar-refractivity contribution >= 4 is 24.0 Å². The van der Waals surface area contributed by atoms with Gasteiger partial charge in [0.25, 0.3) is 0 Å². The van der Waals surface area contributed by atoms with Crippen LogP contribution in [0.3, 0.4) is 0 Å². The monoisotopic (exact) mass is 216 g/mol. The van der Waals surface area contributed by atoms with Gasteiger partial charge in [-0.25, -0.2) is 15.0 Å².